The third kappa shape index (κ3) is 3.29. The zero-order valence-corrected chi connectivity index (χ0v) is 15.0. The summed E-state index contributed by atoms with van der Waals surface area (Å²) in [6.45, 7) is 2.08. The van der Waals surface area contributed by atoms with Crippen molar-refractivity contribution < 1.29 is 14.2 Å². The average Bonchev–Trinajstić information content (AvgIpc) is 2.60. The number of ether oxygens (including phenoxy) is 3. The lowest BCUT2D eigenvalue weighted by molar-refractivity contribution is 0.354. The van der Waals surface area contributed by atoms with E-state index in [1.165, 1.54) is 0 Å². The SMILES string of the molecule is COc1ccc(C2=Cc3cc(OC)c(OC)cc3C(C)[N]2)cc1.Cl. The lowest BCUT2D eigenvalue weighted by atomic mass is 9.94. The molecule has 1 heterocycles. The molecule has 127 valence electrons. The van der Waals surface area contributed by atoms with Gasteiger partial charge in [-0.05, 0) is 66.1 Å². The van der Waals surface area contributed by atoms with E-state index in [1.807, 2.05) is 36.4 Å². The first kappa shape index (κ1) is 18.0. The van der Waals surface area contributed by atoms with E-state index in [9.17, 15) is 0 Å². The Hall–Kier alpha value is -2.33. The predicted octanol–water partition coefficient (Wildman–Crippen LogP) is 4.31. The van der Waals surface area contributed by atoms with Gasteiger partial charge in [-0.3, -0.25) is 5.32 Å². The molecule has 1 unspecified atom stereocenters. The van der Waals surface area contributed by atoms with Crippen molar-refractivity contribution in [1.29, 1.82) is 0 Å². The lowest BCUT2D eigenvalue weighted by Gasteiger charge is -2.24. The second-order valence-electron chi connectivity index (χ2n) is 5.40. The molecule has 0 spiro atoms. The van der Waals surface area contributed by atoms with E-state index in [0.29, 0.717) is 0 Å². The van der Waals surface area contributed by atoms with Crippen LogP contribution in [0.1, 0.15) is 29.7 Å². The molecular weight excluding hydrogens is 326 g/mol. The van der Waals surface area contributed by atoms with Gasteiger partial charge in [-0.1, -0.05) is 0 Å². The van der Waals surface area contributed by atoms with Crippen LogP contribution in [0, 0.1) is 0 Å². The van der Waals surface area contributed by atoms with E-state index < -0.39 is 0 Å². The molecule has 0 saturated heterocycles. The normalized spacial score (nSPS) is 15.3. The quantitative estimate of drug-likeness (QED) is 0.828. The van der Waals surface area contributed by atoms with Crippen LogP contribution in [-0.2, 0) is 0 Å². The van der Waals surface area contributed by atoms with Crippen molar-refractivity contribution in [2.24, 2.45) is 0 Å². The van der Waals surface area contributed by atoms with Crippen LogP contribution < -0.4 is 19.5 Å². The maximum atomic E-state index is 5.41. The van der Waals surface area contributed by atoms with Crippen LogP contribution in [0.4, 0.5) is 0 Å². The third-order valence-electron chi connectivity index (χ3n) is 4.05. The standard InChI is InChI=1S/C19H20NO3.ClH/c1-12-16-11-19(23-4)18(22-3)10-14(16)9-17(20-12)13-5-7-15(21-2)8-6-13;/h5-12H,1-4H3;1H. The maximum Gasteiger partial charge on any atom is 0.161 e. The van der Waals surface area contributed by atoms with E-state index in [-0.39, 0.29) is 18.4 Å². The summed E-state index contributed by atoms with van der Waals surface area (Å²) in [5, 5.41) is 4.80. The summed E-state index contributed by atoms with van der Waals surface area (Å²) < 4.78 is 16.0. The monoisotopic (exact) mass is 346 g/mol. The summed E-state index contributed by atoms with van der Waals surface area (Å²) in [7, 11) is 4.96. The Morgan fingerprint density at radius 3 is 2.08 bits per heavy atom. The number of hydrogen-bond acceptors (Lipinski definition) is 3. The minimum atomic E-state index is 0. The molecule has 0 saturated carbocycles. The second kappa shape index (κ2) is 7.49. The zero-order chi connectivity index (χ0) is 16.4. The number of methoxy groups -OCH3 is 3. The number of halogens is 1. The minimum absolute atomic E-state index is 0. The van der Waals surface area contributed by atoms with Crippen LogP contribution in [0.25, 0.3) is 11.8 Å². The molecule has 2 aromatic rings. The Labute approximate surface area is 148 Å². The molecule has 0 aliphatic carbocycles. The van der Waals surface area contributed by atoms with Crippen LogP contribution in [0.3, 0.4) is 0 Å². The smallest absolute Gasteiger partial charge is 0.161 e. The largest absolute Gasteiger partial charge is 0.497 e. The molecule has 5 heteroatoms. The van der Waals surface area contributed by atoms with Gasteiger partial charge in [0.2, 0.25) is 0 Å². The molecule has 0 amide bonds. The van der Waals surface area contributed by atoms with Gasteiger partial charge in [0.25, 0.3) is 0 Å². The summed E-state index contributed by atoms with van der Waals surface area (Å²) in [4.78, 5) is 0. The van der Waals surface area contributed by atoms with Gasteiger partial charge in [0.1, 0.15) is 5.75 Å². The van der Waals surface area contributed by atoms with Gasteiger partial charge in [0.05, 0.1) is 33.1 Å². The Morgan fingerprint density at radius 2 is 1.50 bits per heavy atom. The molecule has 0 N–H and O–H groups in total. The molecule has 0 bridgehead atoms. The Balaban J connectivity index is 0.00000208. The minimum Gasteiger partial charge on any atom is -0.497 e. The summed E-state index contributed by atoms with van der Waals surface area (Å²) in [6.07, 6.45) is 2.08. The Kier molecular flexibility index (Phi) is 5.62. The number of fused-ring (bicyclic) bond motifs is 1. The fourth-order valence-electron chi connectivity index (χ4n) is 2.78. The van der Waals surface area contributed by atoms with Crippen molar-refractivity contribution in [2.75, 3.05) is 21.3 Å². The first-order chi connectivity index (χ1) is 11.2. The van der Waals surface area contributed by atoms with Gasteiger partial charge >= 0.3 is 0 Å². The highest BCUT2D eigenvalue weighted by Gasteiger charge is 2.22. The fraction of sp³-hybridized carbons (Fsp3) is 0.263. The first-order valence-corrected chi connectivity index (χ1v) is 7.49. The molecule has 24 heavy (non-hydrogen) atoms. The van der Waals surface area contributed by atoms with Crippen molar-refractivity contribution in [1.82, 2.24) is 5.32 Å². The second-order valence-corrected chi connectivity index (χ2v) is 5.40. The van der Waals surface area contributed by atoms with Gasteiger partial charge in [-0.25, -0.2) is 0 Å². The molecule has 3 rings (SSSR count). The highest BCUT2D eigenvalue weighted by atomic mass is 35.5. The van der Waals surface area contributed by atoms with Crippen LogP contribution in [0.2, 0.25) is 0 Å². The number of rotatable bonds is 4. The molecule has 1 atom stereocenters. The summed E-state index contributed by atoms with van der Waals surface area (Å²) in [6, 6.07) is 12.0. The molecule has 1 aliphatic rings. The summed E-state index contributed by atoms with van der Waals surface area (Å²) in [5.74, 6) is 2.30. The first-order valence-electron chi connectivity index (χ1n) is 7.49. The van der Waals surface area contributed by atoms with E-state index in [0.717, 1.165) is 39.6 Å². The van der Waals surface area contributed by atoms with E-state index in [4.69, 9.17) is 19.5 Å². The van der Waals surface area contributed by atoms with Gasteiger partial charge < -0.3 is 14.2 Å². The van der Waals surface area contributed by atoms with Gasteiger partial charge in [0.15, 0.2) is 11.5 Å². The van der Waals surface area contributed by atoms with Gasteiger partial charge in [0, 0.05) is 0 Å². The summed E-state index contributed by atoms with van der Waals surface area (Å²) in [5.41, 5.74) is 4.27. The highest BCUT2D eigenvalue weighted by molar-refractivity contribution is 5.85. The van der Waals surface area contributed by atoms with Crippen molar-refractivity contribution in [3.63, 3.8) is 0 Å². The maximum absolute atomic E-state index is 5.41. The van der Waals surface area contributed by atoms with E-state index >= 15 is 0 Å². The molecule has 1 aliphatic heterocycles. The molecule has 4 nitrogen and oxygen atoms in total. The molecule has 0 aromatic heterocycles. The van der Waals surface area contributed by atoms with E-state index in [2.05, 4.69) is 13.0 Å². The fourth-order valence-corrected chi connectivity index (χ4v) is 2.78. The Morgan fingerprint density at radius 1 is 0.875 bits per heavy atom. The highest BCUT2D eigenvalue weighted by Crippen LogP contribution is 2.38. The van der Waals surface area contributed by atoms with Crippen molar-refractivity contribution in [2.45, 2.75) is 13.0 Å². The van der Waals surface area contributed by atoms with Crippen LogP contribution >= 0.6 is 12.4 Å². The summed E-state index contributed by atoms with van der Waals surface area (Å²) >= 11 is 0. The third-order valence-corrected chi connectivity index (χ3v) is 4.05. The average molecular weight is 347 g/mol. The molecule has 1 radical (unpaired) electrons. The zero-order valence-electron chi connectivity index (χ0n) is 14.2. The number of nitrogens with zero attached hydrogens (tertiary/aromatic N) is 1. The van der Waals surface area contributed by atoms with Crippen LogP contribution in [0.5, 0.6) is 17.2 Å². The Bertz CT molecular complexity index is 741. The van der Waals surface area contributed by atoms with Gasteiger partial charge in [-0.2, -0.15) is 0 Å². The molecular formula is C19H21ClNO3. The van der Waals surface area contributed by atoms with Crippen molar-refractivity contribution >= 4 is 24.2 Å². The topological polar surface area (TPSA) is 41.8 Å². The predicted molar refractivity (Wildman–Crippen MR) is 98.2 cm³/mol. The van der Waals surface area contributed by atoms with Crippen molar-refractivity contribution in [3.05, 3.63) is 53.1 Å². The lowest BCUT2D eigenvalue weighted by Crippen LogP contribution is -2.15. The van der Waals surface area contributed by atoms with Gasteiger partial charge in [-0.15, -0.1) is 12.4 Å². The van der Waals surface area contributed by atoms with E-state index in [1.54, 1.807) is 21.3 Å². The molecule has 0 fully saturated rings. The molecule has 2 aromatic carbocycles. The number of benzene rings is 2. The van der Waals surface area contributed by atoms with Crippen molar-refractivity contribution in [3.8, 4) is 17.2 Å². The van der Waals surface area contributed by atoms with Crippen LogP contribution in [-0.4, -0.2) is 21.3 Å². The number of hydrogen-bond donors (Lipinski definition) is 0. The van der Waals surface area contributed by atoms with Crippen LogP contribution in [0.15, 0.2) is 36.4 Å².